The molecule has 0 spiro atoms. The third kappa shape index (κ3) is 2.93. The molecule has 0 aliphatic carbocycles. The summed E-state index contributed by atoms with van der Waals surface area (Å²) in [7, 11) is 1.53. The molecule has 2 aromatic rings. The average Bonchev–Trinajstić information content (AvgIpc) is 2.42. The number of aryl methyl sites for hydroxylation is 1. The molecule has 0 aromatic heterocycles. The Morgan fingerprint density at radius 2 is 2.05 bits per heavy atom. The number of ether oxygens (including phenoxy) is 1. The molecule has 0 fully saturated rings. The molecule has 4 nitrogen and oxygen atoms in total. The Morgan fingerprint density at radius 1 is 1.30 bits per heavy atom. The highest BCUT2D eigenvalue weighted by atomic mass is 79.9. The number of rotatable bonds is 3. The molecule has 3 N–H and O–H groups in total. The van der Waals surface area contributed by atoms with Gasteiger partial charge in [0.15, 0.2) is 0 Å². The van der Waals surface area contributed by atoms with Crippen molar-refractivity contribution in [3.05, 3.63) is 52.0 Å². The number of carbonyl (C=O) groups is 1. The third-order valence-corrected chi connectivity index (χ3v) is 3.45. The van der Waals surface area contributed by atoms with Crippen molar-refractivity contribution in [3.63, 3.8) is 0 Å². The van der Waals surface area contributed by atoms with Crippen molar-refractivity contribution in [2.24, 2.45) is 0 Å². The fraction of sp³-hybridized carbons (Fsp3) is 0.133. The number of nitrogens with two attached hydrogens (primary N) is 1. The van der Waals surface area contributed by atoms with Crippen molar-refractivity contribution in [1.82, 2.24) is 0 Å². The van der Waals surface area contributed by atoms with Crippen LogP contribution in [0.3, 0.4) is 0 Å². The first-order chi connectivity index (χ1) is 9.52. The molecule has 0 saturated heterocycles. The van der Waals surface area contributed by atoms with Crippen molar-refractivity contribution >= 4 is 33.2 Å². The van der Waals surface area contributed by atoms with Gasteiger partial charge in [-0.2, -0.15) is 0 Å². The van der Waals surface area contributed by atoms with Crippen LogP contribution in [0, 0.1) is 6.92 Å². The Hall–Kier alpha value is -2.01. The Kier molecular flexibility index (Phi) is 4.29. The van der Waals surface area contributed by atoms with Gasteiger partial charge in [0.25, 0.3) is 5.91 Å². The van der Waals surface area contributed by atoms with E-state index in [0.717, 1.165) is 10.0 Å². The summed E-state index contributed by atoms with van der Waals surface area (Å²) in [5.74, 6) is 0.249. The number of carbonyl (C=O) groups excluding carboxylic acids is 1. The maximum Gasteiger partial charge on any atom is 0.259 e. The van der Waals surface area contributed by atoms with Gasteiger partial charge in [-0.1, -0.05) is 28.1 Å². The molecule has 0 aliphatic heterocycles. The summed E-state index contributed by atoms with van der Waals surface area (Å²) in [5.41, 5.74) is 8.42. The molecule has 0 radical (unpaired) electrons. The van der Waals surface area contributed by atoms with Crippen LogP contribution in [0.4, 0.5) is 11.4 Å². The zero-order chi connectivity index (χ0) is 14.7. The molecule has 0 unspecified atom stereocenters. The summed E-state index contributed by atoms with van der Waals surface area (Å²) in [5, 5.41) is 2.83. The fourth-order valence-electron chi connectivity index (χ4n) is 1.89. The second kappa shape index (κ2) is 5.96. The summed E-state index contributed by atoms with van der Waals surface area (Å²) in [6.45, 7) is 1.89. The first-order valence-corrected chi connectivity index (χ1v) is 6.82. The van der Waals surface area contributed by atoms with E-state index in [1.165, 1.54) is 7.11 Å². The van der Waals surface area contributed by atoms with Crippen LogP contribution in [0.15, 0.2) is 40.9 Å². The predicted octanol–water partition coefficient (Wildman–Crippen LogP) is 3.60. The van der Waals surface area contributed by atoms with E-state index in [1.807, 2.05) is 19.1 Å². The van der Waals surface area contributed by atoms with Gasteiger partial charge < -0.3 is 15.8 Å². The van der Waals surface area contributed by atoms with E-state index >= 15 is 0 Å². The highest BCUT2D eigenvalue weighted by Gasteiger charge is 2.14. The van der Waals surface area contributed by atoms with Gasteiger partial charge >= 0.3 is 0 Å². The number of para-hydroxylation sites is 1. The van der Waals surface area contributed by atoms with Gasteiger partial charge in [0.05, 0.1) is 24.0 Å². The molecule has 0 bridgehead atoms. The maximum atomic E-state index is 12.3. The summed E-state index contributed by atoms with van der Waals surface area (Å²) in [6, 6.07) is 10.7. The number of anilines is 2. The molecule has 1 amide bonds. The van der Waals surface area contributed by atoms with Gasteiger partial charge in [0.1, 0.15) is 5.75 Å². The normalized spacial score (nSPS) is 10.2. The minimum absolute atomic E-state index is 0.254. The zero-order valence-electron chi connectivity index (χ0n) is 11.2. The summed E-state index contributed by atoms with van der Waals surface area (Å²) >= 11 is 3.34. The highest BCUT2D eigenvalue weighted by molar-refractivity contribution is 9.10. The van der Waals surface area contributed by atoms with Crippen LogP contribution in [-0.4, -0.2) is 13.0 Å². The molecule has 20 heavy (non-hydrogen) atoms. The Labute approximate surface area is 126 Å². The van der Waals surface area contributed by atoms with Crippen LogP contribution >= 0.6 is 15.9 Å². The molecule has 0 aliphatic rings. The van der Waals surface area contributed by atoms with Crippen LogP contribution in [0.25, 0.3) is 0 Å². The van der Waals surface area contributed by atoms with Crippen LogP contribution in [-0.2, 0) is 0 Å². The van der Waals surface area contributed by atoms with Crippen LogP contribution in [0.5, 0.6) is 5.75 Å². The van der Waals surface area contributed by atoms with Crippen molar-refractivity contribution in [1.29, 1.82) is 0 Å². The third-order valence-electron chi connectivity index (χ3n) is 2.95. The maximum absolute atomic E-state index is 12.3. The first-order valence-electron chi connectivity index (χ1n) is 6.03. The molecular weight excluding hydrogens is 320 g/mol. The molecule has 0 atom stereocenters. The van der Waals surface area contributed by atoms with Crippen molar-refractivity contribution < 1.29 is 9.53 Å². The number of hydrogen-bond acceptors (Lipinski definition) is 3. The number of halogens is 1. The zero-order valence-corrected chi connectivity index (χ0v) is 12.8. The predicted molar refractivity (Wildman–Crippen MR) is 84.2 cm³/mol. The monoisotopic (exact) mass is 334 g/mol. The molecule has 0 saturated carbocycles. The second-order valence-electron chi connectivity index (χ2n) is 4.34. The Bertz CT molecular complexity index is 636. The summed E-state index contributed by atoms with van der Waals surface area (Å²) in [6.07, 6.45) is 0. The van der Waals surface area contributed by atoms with Crippen molar-refractivity contribution in [2.45, 2.75) is 6.92 Å². The van der Waals surface area contributed by atoms with Gasteiger partial charge in [-0.3, -0.25) is 4.79 Å². The van der Waals surface area contributed by atoms with Gasteiger partial charge in [-0.15, -0.1) is 0 Å². The Morgan fingerprint density at radius 3 is 2.70 bits per heavy atom. The Balaban J connectivity index is 2.33. The lowest BCUT2D eigenvalue weighted by Crippen LogP contribution is -2.15. The molecule has 5 heteroatoms. The smallest absolute Gasteiger partial charge is 0.259 e. The van der Waals surface area contributed by atoms with E-state index in [2.05, 4.69) is 21.2 Å². The van der Waals surface area contributed by atoms with Crippen LogP contribution < -0.4 is 15.8 Å². The van der Waals surface area contributed by atoms with Gasteiger partial charge in [-0.25, -0.2) is 0 Å². The van der Waals surface area contributed by atoms with Crippen LogP contribution in [0.2, 0.25) is 0 Å². The van der Waals surface area contributed by atoms with Gasteiger partial charge in [-0.05, 0) is 36.8 Å². The average molecular weight is 335 g/mol. The number of hydrogen-bond donors (Lipinski definition) is 2. The molecule has 2 aromatic carbocycles. The second-order valence-corrected chi connectivity index (χ2v) is 5.25. The van der Waals surface area contributed by atoms with Gasteiger partial charge in [0.2, 0.25) is 0 Å². The molecular formula is C15H15BrN2O2. The van der Waals surface area contributed by atoms with Crippen LogP contribution in [0.1, 0.15) is 15.9 Å². The molecule has 104 valence electrons. The first kappa shape index (κ1) is 14.4. The number of benzene rings is 2. The standard InChI is InChI=1S/C15H15BrN2O2/c1-9-4-3-5-12(17)14(9)18-15(19)11-7-6-10(16)8-13(11)20-2/h3-8H,17H2,1-2H3,(H,18,19). The summed E-state index contributed by atoms with van der Waals surface area (Å²) in [4.78, 5) is 12.3. The summed E-state index contributed by atoms with van der Waals surface area (Å²) < 4.78 is 6.07. The molecule has 2 rings (SSSR count). The lowest BCUT2D eigenvalue weighted by Gasteiger charge is -2.13. The van der Waals surface area contributed by atoms with Crippen molar-refractivity contribution in [3.8, 4) is 5.75 Å². The number of amides is 1. The lowest BCUT2D eigenvalue weighted by molar-refractivity contribution is 0.102. The SMILES string of the molecule is COc1cc(Br)ccc1C(=O)Nc1c(C)cccc1N. The largest absolute Gasteiger partial charge is 0.496 e. The fourth-order valence-corrected chi connectivity index (χ4v) is 2.23. The quantitative estimate of drug-likeness (QED) is 0.843. The number of nitrogen functional groups attached to an aromatic ring is 1. The number of nitrogens with one attached hydrogen (secondary N) is 1. The van der Waals surface area contributed by atoms with E-state index in [9.17, 15) is 4.79 Å². The van der Waals surface area contributed by atoms with E-state index in [4.69, 9.17) is 10.5 Å². The lowest BCUT2D eigenvalue weighted by atomic mass is 10.1. The van der Waals surface area contributed by atoms with E-state index in [0.29, 0.717) is 22.7 Å². The van der Waals surface area contributed by atoms with E-state index in [-0.39, 0.29) is 5.91 Å². The van der Waals surface area contributed by atoms with E-state index in [1.54, 1.807) is 24.3 Å². The van der Waals surface area contributed by atoms with E-state index < -0.39 is 0 Å². The van der Waals surface area contributed by atoms with Crippen molar-refractivity contribution in [2.75, 3.05) is 18.2 Å². The topological polar surface area (TPSA) is 64.3 Å². The minimum Gasteiger partial charge on any atom is -0.496 e. The van der Waals surface area contributed by atoms with Gasteiger partial charge in [0, 0.05) is 4.47 Å². The number of methoxy groups -OCH3 is 1. The molecule has 0 heterocycles. The minimum atomic E-state index is -0.254. The highest BCUT2D eigenvalue weighted by Crippen LogP contribution is 2.27.